The Bertz CT molecular complexity index is 545. The quantitative estimate of drug-likeness (QED) is 0.742. The van der Waals surface area contributed by atoms with Gasteiger partial charge in [-0.2, -0.15) is 0 Å². The van der Waals surface area contributed by atoms with Crippen LogP contribution in [-0.2, 0) is 0 Å². The van der Waals surface area contributed by atoms with Gasteiger partial charge >= 0.3 is 6.09 Å². The second kappa shape index (κ2) is 6.95. The van der Waals surface area contributed by atoms with Gasteiger partial charge in [0.1, 0.15) is 5.15 Å². The number of nitrogens with zero attached hydrogens (tertiary/aromatic N) is 1. The molecular formula is C13H15Cl2N3O3. The van der Waals surface area contributed by atoms with Crippen LogP contribution in [0.2, 0.25) is 10.2 Å². The van der Waals surface area contributed by atoms with E-state index >= 15 is 0 Å². The summed E-state index contributed by atoms with van der Waals surface area (Å²) in [5.41, 5.74) is 0.284. The maximum atomic E-state index is 12.1. The smallest absolute Gasteiger partial charge is 0.404 e. The van der Waals surface area contributed by atoms with E-state index in [9.17, 15) is 9.59 Å². The van der Waals surface area contributed by atoms with Gasteiger partial charge in [0.15, 0.2) is 0 Å². The normalized spacial score (nSPS) is 21.6. The number of carbonyl (C=O) groups excluding carboxylic acids is 1. The molecule has 8 heteroatoms. The summed E-state index contributed by atoms with van der Waals surface area (Å²) in [5.74, 6) is -0.293. The Balaban J connectivity index is 1.88. The second-order valence-corrected chi connectivity index (χ2v) is 5.75. The highest BCUT2D eigenvalue weighted by atomic mass is 35.5. The minimum atomic E-state index is -1.01. The van der Waals surface area contributed by atoms with E-state index in [4.69, 9.17) is 28.3 Å². The minimum absolute atomic E-state index is 0.0103. The van der Waals surface area contributed by atoms with Crippen LogP contribution in [0.3, 0.4) is 0 Å². The van der Waals surface area contributed by atoms with Crippen molar-refractivity contribution < 1.29 is 14.7 Å². The molecule has 0 aromatic carbocycles. The van der Waals surface area contributed by atoms with Gasteiger partial charge in [0, 0.05) is 18.3 Å². The largest absolute Gasteiger partial charge is 0.465 e. The fraction of sp³-hybridized carbons (Fsp3) is 0.462. The average Bonchev–Trinajstić information content (AvgIpc) is 2.40. The number of hydrogen-bond donors (Lipinski definition) is 3. The van der Waals surface area contributed by atoms with Gasteiger partial charge in [-0.15, -0.1) is 0 Å². The predicted octanol–water partition coefficient (Wildman–Crippen LogP) is 2.70. The number of carboxylic acid groups (broad SMARTS) is 1. The van der Waals surface area contributed by atoms with Gasteiger partial charge in [0.25, 0.3) is 5.91 Å². The van der Waals surface area contributed by atoms with E-state index in [0.29, 0.717) is 12.8 Å². The van der Waals surface area contributed by atoms with E-state index in [1.54, 1.807) is 0 Å². The third-order valence-corrected chi connectivity index (χ3v) is 3.97. The average molecular weight is 332 g/mol. The van der Waals surface area contributed by atoms with Gasteiger partial charge in [-0.05, 0) is 31.7 Å². The first-order chi connectivity index (χ1) is 9.95. The van der Waals surface area contributed by atoms with Gasteiger partial charge in [-0.3, -0.25) is 4.79 Å². The third kappa shape index (κ3) is 4.47. The van der Waals surface area contributed by atoms with Gasteiger partial charge in [-0.25, -0.2) is 9.78 Å². The lowest BCUT2D eigenvalue weighted by Crippen LogP contribution is -2.43. The van der Waals surface area contributed by atoms with Crippen molar-refractivity contribution in [3.05, 3.63) is 28.0 Å². The van der Waals surface area contributed by atoms with Crippen LogP contribution in [0.4, 0.5) is 4.79 Å². The molecule has 6 nitrogen and oxygen atoms in total. The highest BCUT2D eigenvalue weighted by Gasteiger charge is 2.24. The Morgan fingerprint density at radius 3 is 2.24 bits per heavy atom. The fourth-order valence-corrected chi connectivity index (χ4v) is 2.85. The van der Waals surface area contributed by atoms with Crippen molar-refractivity contribution in [2.24, 2.45) is 0 Å². The number of nitrogens with one attached hydrogen (secondary N) is 2. The molecule has 1 aromatic rings. The molecule has 114 valence electrons. The number of amides is 2. The highest BCUT2D eigenvalue weighted by Crippen LogP contribution is 2.21. The van der Waals surface area contributed by atoms with E-state index < -0.39 is 6.09 Å². The number of aromatic nitrogens is 1. The molecule has 1 heterocycles. The molecule has 0 atom stereocenters. The summed E-state index contributed by atoms with van der Waals surface area (Å²) in [6.07, 6.45) is 3.16. The summed E-state index contributed by atoms with van der Waals surface area (Å²) in [5, 5.41) is 14.5. The zero-order valence-corrected chi connectivity index (χ0v) is 12.6. The molecule has 1 aliphatic carbocycles. The van der Waals surface area contributed by atoms with Crippen LogP contribution in [0.1, 0.15) is 36.0 Å². The molecule has 0 saturated heterocycles. The molecule has 1 aromatic heterocycles. The minimum Gasteiger partial charge on any atom is -0.465 e. The van der Waals surface area contributed by atoms with Gasteiger partial charge in [-0.1, -0.05) is 23.2 Å². The summed E-state index contributed by atoms with van der Waals surface area (Å²) in [6.45, 7) is 0. The van der Waals surface area contributed by atoms with E-state index in [1.165, 1.54) is 12.3 Å². The van der Waals surface area contributed by atoms with Crippen LogP contribution in [-0.4, -0.2) is 34.2 Å². The molecule has 0 radical (unpaired) electrons. The molecule has 3 N–H and O–H groups in total. The maximum absolute atomic E-state index is 12.1. The van der Waals surface area contributed by atoms with Crippen molar-refractivity contribution in [3.8, 4) is 0 Å². The molecule has 21 heavy (non-hydrogen) atoms. The first-order valence-electron chi connectivity index (χ1n) is 6.57. The first kappa shape index (κ1) is 15.9. The van der Waals surface area contributed by atoms with Crippen LogP contribution in [0, 0.1) is 0 Å². The van der Waals surface area contributed by atoms with Crippen molar-refractivity contribution in [1.82, 2.24) is 15.6 Å². The Morgan fingerprint density at radius 1 is 1.14 bits per heavy atom. The van der Waals surface area contributed by atoms with Crippen molar-refractivity contribution >= 4 is 35.2 Å². The third-order valence-electron chi connectivity index (χ3n) is 3.45. The molecule has 0 unspecified atom stereocenters. The van der Waals surface area contributed by atoms with Crippen LogP contribution in [0.25, 0.3) is 0 Å². The van der Waals surface area contributed by atoms with Crippen molar-refractivity contribution in [2.75, 3.05) is 0 Å². The maximum Gasteiger partial charge on any atom is 0.404 e. The lowest BCUT2D eigenvalue weighted by atomic mass is 9.91. The molecular weight excluding hydrogens is 317 g/mol. The Morgan fingerprint density at radius 2 is 1.71 bits per heavy atom. The number of halogens is 2. The standard InChI is InChI=1S/C13H15Cl2N3O3/c14-10-5-11(15)16-6-9(10)12(19)17-7-1-3-8(4-2-7)18-13(20)21/h5-8,18H,1-4H2,(H,17,19)(H,20,21). The molecule has 0 aliphatic heterocycles. The molecule has 1 fully saturated rings. The topological polar surface area (TPSA) is 91.3 Å². The zero-order valence-electron chi connectivity index (χ0n) is 11.1. The zero-order chi connectivity index (χ0) is 15.4. The van der Waals surface area contributed by atoms with E-state index in [1.807, 2.05) is 0 Å². The van der Waals surface area contributed by atoms with E-state index in [-0.39, 0.29) is 33.7 Å². The summed E-state index contributed by atoms with van der Waals surface area (Å²) >= 11 is 11.7. The summed E-state index contributed by atoms with van der Waals surface area (Å²) in [4.78, 5) is 26.5. The Hall–Kier alpha value is -1.53. The number of hydrogen-bond acceptors (Lipinski definition) is 3. The Kier molecular flexibility index (Phi) is 5.25. The lowest BCUT2D eigenvalue weighted by Gasteiger charge is -2.28. The van der Waals surface area contributed by atoms with Crippen LogP contribution < -0.4 is 10.6 Å². The van der Waals surface area contributed by atoms with Crippen molar-refractivity contribution in [2.45, 2.75) is 37.8 Å². The monoisotopic (exact) mass is 331 g/mol. The summed E-state index contributed by atoms with van der Waals surface area (Å²) in [7, 11) is 0. The first-order valence-corrected chi connectivity index (χ1v) is 7.32. The van der Waals surface area contributed by atoms with Crippen LogP contribution in [0.5, 0.6) is 0 Å². The number of pyridine rings is 1. The van der Waals surface area contributed by atoms with Crippen LogP contribution in [0.15, 0.2) is 12.3 Å². The highest BCUT2D eigenvalue weighted by molar-refractivity contribution is 6.36. The van der Waals surface area contributed by atoms with Gasteiger partial charge in [0.2, 0.25) is 0 Å². The van der Waals surface area contributed by atoms with Gasteiger partial charge in [0.05, 0.1) is 10.6 Å². The molecule has 2 rings (SSSR count). The lowest BCUT2D eigenvalue weighted by molar-refractivity contribution is 0.0923. The Labute approximate surface area is 131 Å². The number of carbonyl (C=O) groups is 2. The second-order valence-electron chi connectivity index (χ2n) is 4.96. The van der Waals surface area contributed by atoms with E-state index in [0.717, 1.165) is 12.8 Å². The summed E-state index contributed by atoms with van der Waals surface area (Å²) < 4.78 is 0. The number of rotatable bonds is 3. The summed E-state index contributed by atoms with van der Waals surface area (Å²) in [6, 6.07) is 1.39. The van der Waals surface area contributed by atoms with Crippen molar-refractivity contribution in [1.29, 1.82) is 0 Å². The molecule has 0 spiro atoms. The van der Waals surface area contributed by atoms with Crippen LogP contribution >= 0.6 is 23.2 Å². The fourth-order valence-electron chi connectivity index (χ4n) is 2.39. The molecule has 2 amide bonds. The molecule has 1 aliphatic rings. The van der Waals surface area contributed by atoms with Gasteiger partial charge < -0.3 is 15.7 Å². The van der Waals surface area contributed by atoms with E-state index in [2.05, 4.69) is 15.6 Å². The molecule has 1 saturated carbocycles. The SMILES string of the molecule is O=C(O)NC1CCC(NC(=O)c2cnc(Cl)cc2Cl)CC1. The van der Waals surface area contributed by atoms with Crippen molar-refractivity contribution in [3.63, 3.8) is 0 Å². The molecule has 0 bridgehead atoms. The predicted molar refractivity (Wildman–Crippen MR) is 78.9 cm³/mol.